The Labute approximate surface area is 175 Å². The van der Waals surface area contributed by atoms with Crippen LogP contribution in [-0.2, 0) is 22.6 Å². The van der Waals surface area contributed by atoms with Crippen molar-refractivity contribution in [2.45, 2.75) is 49.9 Å². The molecule has 0 aliphatic carbocycles. The summed E-state index contributed by atoms with van der Waals surface area (Å²) in [5, 5.41) is 6.69. The van der Waals surface area contributed by atoms with Gasteiger partial charge in [-0.05, 0) is 48.9 Å². The predicted octanol–water partition coefficient (Wildman–Crippen LogP) is 2.41. The second kappa shape index (κ2) is 7.51. The lowest BCUT2D eigenvalue weighted by molar-refractivity contribution is -0.137. The van der Waals surface area contributed by atoms with E-state index in [-0.39, 0.29) is 23.5 Å². The molecule has 2 aromatic carbocycles. The van der Waals surface area contributed by atoms with Crippen molar-refractivity contribution in [3.05, 3.63) is 71.5 Å². The molecule has 2 N–H and O–H groups in total. The maximum absolute atomic E-state index is 13.4. The summed E-state index contributed by atoms with van der Waals surface area (Å²) in [5.74, 6) is -0.518. The first kappa shape index (κ1) is 19.2. The Morgan fingerprint density at radius 3 is 2.63 bits per heavy atom. The number of carbonyl (C=O) groups is 2. The summed E-state index contributed by atoms with van der Waals surface area (Å²) >= 11 is 0. The number of fused-ring (bicyclic) bond motifs is 1. The van der Waals surface area contributed by atoms with Gasteiger partial charge in [0.1, 0.15) is 11.9 Å². The van der Waals surface area contributed by atoms with E-state index in [1.54, 1.807) is 17.0 Å². The normalized spacial score (nSPS) is 29.3. The van der Waals surface area contributed by atoms with Crippen molar-refractivity contribution >= 4 is 11.8 Å². The van der Waals surface area contributed by atoms with Crippen LogP contribution >= 0.6 is 0 Å². The van der Waals surface area contributed by atoms with E-state index in [0.29, 0.717) is 19.1 Å². The van der Waals surface area contributed by atoms with Gasteiger partial charge in [0.05, 0.1) is 11.5 Å². The lowest BCUT2D eigenvalue weighted by Gasteiger charge is -2.34. The molecule has 3 fully saturated rings. The number of halogens is 1. The highest BCUT2D eigenvalue weighted by atomic mass is 19.1. The second-order valence-electron chi connectivity index (χ2n) is 8.73. The summed E-state index contributed by atoms with van der Waals surface area (Å²) in [6.07, 6.45) is 3.39. The predicted molar refractivity (Wildman–Crippen MR) is 111 cm³/mol. The molecule has 3 aliphatic rings. The number of likely N-dealkylation sites (tertiary alicyclic amines) is 1. The highest BCUT2D eigenvalue weighted by molar-refractivity contribution is 5.96. The van der Waals surface area contributed by atoms with Crippen molar-refractivity contribution in [1.82, 2.24) is 15.5 Å². The standard InChI is InChI=1S/C24H26FN3O2/c25-18-8-6-17(7-9-18)15-28-21(22(29)26-13-11-16-4-2-1-3-5-16)24-12-10-19(27-24)14-20(24)23(28)30/h1-9,19-21,27H,10-15H2,(H,26,29). The summed E-state index contributed by atoms with van der Waals surface area (Å²) < 4.78 is 13.3. The molecule has 156 valence electrons. The molecular formula is C24H26FN3O2. The molecule has 4 atom stereocenters. The minimum atomic E-state index is -0.539. The number of carbonyl (C=O) groups excluding carboxylic acids is 2. The van der Waals surface area contributed by atoms with Crippen molar-refractivity contribution in [2.75, 3.05) is 6.54 Å². The average molecular weight is 407 g/mol. The molecule has 0 aromatic heterocycles. The van der Waals surface area contributed by atoms with E-state index in [2.05, 4.69) is 10.6 Å². The number of amides is 2. The molecule has 0 radical (unpaired) electrons. The number of hydrogen-bond acceptors (Lipinski definition) is 3. The Bertz CT molecular complexity index is 949. The largest absolute Gasteiger partial charge is 0.354 e. The van der Waals surface area contributed by atoms with Crippen molar-refractivity contribution in [3.63, 3.8) is 0 Å². The van der Waals surface area contributed by atoms with Gasteiger partial charge in [0.2, 0.25) is 11.8 Å². The van der Waals surface area contributed by atoms with Gasteiger partial charge in [-0.25, -0.2) is 4.39 Å². The third-order valence-corrected chi connectivity index (χ3v) is 6.97. The Balaban J connectivity index is 1.36. The highest BCUT2D eigenvalue weighted by Crippen LogP contribution is 2.51. The molecule has 30 heavy (non-hydrogen) atoms. The molecule has 3 heterocycles. The van der Waals surface area contributed by atoms with Gasteiger partial charge < -0.3 is 15.5 Å². The van der Waals surface area contributed by atoms with E-state index in [4.69, 9.17) is 0 Å². The monoisotopic (exact) mass is 407 g/mol. The maximum atomic E-state index is 13.4. The summed E-state index contributed by atoms with van der Waals surface area (Å²) in [5.41, 5.74) is 1.52. The highest BCUT2D eigenvalue weighted by Gasteiger charge is 2.67. The molecule has 3 aliphatic heterocycles. The zero-order chi connectivity index (χ0) is 20.7. The van der Waals surface area contributed by atoms with Crippen LogP contribution in [-0.4, -0.2) is 40.9 Å². The van der Waals surface area contributed by atoms with Crippen molar-refractivity contribution in [2.24, 2.45) is 5.92 Å². The molecular weight excluding hydrogens is 381 g/mol. The minimum absolute atomic E-state index is 0.0391. The molecule has 0 saturated carbocycles. The Kier molecular flexibility index (Phi) is 4.82. The van der Waals surface area contributed by atoms with Gasteiger partial charge in [-0.3, -0.25) is 9.59 Å². The first-order valence-electron chi connectivity index (χ1n) is 10.7. The summed E-state index contributed by atoms with van der Waals surface area (Å²) in [7, 11) is 0. The van der Waals surface area contributed by atoms with Gasteiger partial charge in [0.15, 0.2) is 0 Å². The van der Waals surface area contributed by atoms with Gasteiger partial charge in [-0.2, -0.15) is 0 Å². The lowest BCUT2D eigenvalue weighted by atomic mass is 9.76. The Morgan fingerprint density at radius 1 is 1.13 bits per heavy atom. The van der Waals surface area contributed by atoms with Crippen LogP contribution in [0.4, 0.5) is 4.39 Å². The van der Waals surface area contributed by atoms with E-state index < -0.39 is 11.6 Å². The average Bonchev–Trinajstić information content (AvgIpc) is 3.40. The molecule has 4 unspecified atom stereocenters. The molecule has 2 amide bonds. The molecule has 5 rings (SSSR count). The number of rotatable bonds is 6. The summed E-state index contributed by atoms with van der Waals surface area (Å²) in [6, 6.07) is 16.0. The van der Waals surface area contributed by atoms with Gasteiger partial charge >= 0.3 is 0 Å². The molecule has 1 spiro atoms. The smallest absolute Gasteiger partial charge is 0.244 e. The number of nitrogens with one attached hydrogen (secondary N) is 2. The van der Waals surface area contributed by atoms with Gasteiger partial charge in [-0.1, -0.05) is 42.5 Å². The minimum Gasteiger partial charge on any atom is -0.354 e. The van der Waals surface area contributed by atoms with E-state index in [1.165, 1.54) is 17.7 Å². The zero-order valence-corrected chi connectivity index (χ0v) is 16.8. The molecule has 5 nitrogen and oxygen atoms in total. The summed E-state index contributed by atoms with van der Waals surface area (Å²) in [6.45, 7) is 0.850. The van der Waals surface area contributed by atoms with Crippen LogP contribution in [0.15, 0.2) is 54.6 Å². The Hall–Kier alpha value is -2.73. The molecule has 6 heteroatoms. The first-order valence-corrected chi connectivity index (χ1v) is 10.7. The van der Waals surface area contributed by atoms with E-state index in [0.717, 1.165) is 31.2 Å². The quantitative estimate of drug-likeness (QED) is 0.773. The van der Waals surface area contributed by atoms with Crippen LogP contribution in [0, 0.1) is 11.7 Å². The number of benzene rings is 2. The zero-order valence-electron chi connectivity index (χ0n) is 16.8. The van der Waals surface area contributed by atoms with Crippen LogP contribution in [0.2, 0.25) is 0 Å². The topological polar surface area (TPSA) is 61.4 Å². The van der Waals surface area contributed by atoms with Gasteiger partial charge in [0.25, 0.3) is 0 Å². The van der Waals surface area contributed by atoms with E-state index >= 15 is 0 Å². The first-order chi connectivity index (χ1) is 14.6. The molecule has 2 bridgehead atoms. The van der Waals surface area contributed by atoms with Crippen LogP contribution in [0.3, 0.4) is 0 Å². The van der Waals surface area contributed by atoms with E-state index in [9.17, 15) is 14.0 Å². The van der Waals surface area contributed by atoms with Crippen molar-refractivity contribution in [3.8, 4) is 0 Å². The number of nitrogens with zero attached hydrogens (tertiary/aromatic N) is 1. The molecule has 3 saturated heterocycles. The van der Waals surface area contributed by atoms with Crippen molar-refractivity contribution in [1.29, 1.82) is 0 Å². The Morgan fingerprint density at radius 2 is 1.90 bits per heavy atom. The fraction of sp³-hybridized carbons (Fsp3) is 0.417. The second-order valence-corrected chi connectivity index (χ2v) is 8.73. The lowest BCUT2D eigenvalue weighted by Crippen LogP contribution is -2.59. The van der Waals surface area contributed by atoms with E-state index in [1.807, 2.05) is 30.3 Å². The maximum Gasteiger partial charge on any atom is 0.244 e. The summed E-state index contributed by atoms with van der Waals surface area (Å²) in [4.78, 5) is 28.4. The van der Waals surface area contributed by atoms with Gasteiger partial charge in [0, 0.05) is 19.1 Å². The number of hydrogen-bond donors (Lipinski definition) is 2. The van der Waals surface area contributed by atoms with Crippen LogP contribution in [0.5, 0.6) is 0 Å². The molecule has 2 aromatic rings. The van der Waals surface area contributed by atoms with Crippen LogP contribution in [0.1, 0.15) is 30.4 Å². The SMILES string of the molecule is O=C(NCCc1ccccc1)C1N(Cc2ccc(F)cc2)C(=O)C2CC3CCC21N3. The third-order valence-electron chi connectivity index (χ3n) is 6.97. The van der Waals surface area contributed by atoms with Gasteiger partial charge in [-0.15, -0.1) is 0 Å². The fourth-order valence-corrected chi connectivity index (χ4v) is 5.62. The van der Waals surface area contributed by atoms with Crippen LogP contribution < -0.4 is 10.6 Å². The fourth-order valence-electron chi connectivity index (χ4n) is 5.62. The van der Waals surface area contributed by atoms with Crippen LogP contribution in [0.25, 0.3) is 0 Å². The third kappa shape index (κ3) is 3.19. The van der Waals surface area contributed by atoms with Crippen molar-refractivity contribution < 1.29 is 14.0 Å².